The van der Waals surface area contributed by atoms with E-state index < -0.39 is 0 Å². The van der Waals surface area contributed by atoms with Crippen LogP contribution >= 0.6 is 0 Å². The topological polar surface area (TPSA) is 35.6 Å². The van der Waals surface area contributed by atoms with E-state index in [4.69, 9.17) is 0 Å². The van der Waals surface area contributed by atoms with Crippen LogP contribution in [-0.2, 0) is 4.79 Å². The summed E-state index contributed by atoms with van der Waals surface area (Å²) in [5, 5.41) is 2.72. The summed E-state index contributed by atoms with van der Waals surface area (Å²) in [6.07, 6.45) is 2.22. The molecule has 0 radical (unpaired) electrons. The second-order valence-corrected chi connectivity index (χ2v) is 4.69. The smallest absolute Gasteiger partial charge is 0.233 e. The minimum absolute atomic E-state index is 0.126. The molecule has 2 atom stereocenters. The maximum absolute atomic E-state index is 11.5. The lowest BCUT2D eigenvalue weighted by Crippen LogP contribution is -2.59. The van der Waals surface area contributed by atoms with Crippen molar-refractivity contribution in [1.29, 1.82) is 0 Å². The highest BCUT2D eigenvalue weighted by Gasteiger charge is 2.31. The number of hydrogen-bond acceptors (Lipinski definition) is 3. The van der Waals surface area contributed by atoms with E-state index in [0.717, 1.165) is 25.9 Å². The van der Waals surface area contributed by atoms with E-state index in [1.807, 2.05) is 0 Å². The van der Waals surface area contributed by atoms with Gasteiger partial charge in [0.25, 0.3) is 0 Å². The van der Waals surface area contributed by atoms with E-state index in [9.17, 15) is 4.79 Å². The largest absolute Gasteiger partial charge is 0.358 e. The average Bonchev–Trinajstić information content (AvgIpc) is 2.30. The van der Waals surface area contributed by atoms with Gasteiger partial charge >= 0.3 is 0 Å². The summed E-state index contributed by atoms with van der Waals surface area (Å²) in [6, 6.07) is 1.03. The van der Waals surface area contributed by atoms with E-state index in [0.29, 0.717) is 18.6 Å². The van der Waals surface area contributed by atoms with Crippen LogP contribution in [0.4, 0.5) is 0 Å². The van der Waals surface area contributed by atoms with Gasteiger partial charge in [0.1, 0.15) is 0 Å². The molecule has 0 spiro atoms. The molecule has 1 amide bonds. The summed E-state index contributed by atoms with van der Waals surface area (Å²) in [5.41, 5.74) is 0. The van der Waals surface area contributed by atoms with Gasteiger partial charge in [0.15, 0.2) is 0 Å². The lowest BCUT2D eigenvalue weighted by Gasteiger charge is -2.45. The standard InChI is InChI=1S/C12H25N3O/c1-5-10-7-14(4)8-11(6-2)15(10)9-12(16)13-3/h10-11H,5-9H2,1-4H3,(H,13,16). The molecule has 0 bridgehead atoms. The number of amides is 1. The molecule has 0 aromatic carbocycles. The first-order chi connectivity index (χ1) is 7.62. The number of carbonyl (C=O) groups is 1. The van der Waals surface area contributed by atoms with Crippen molar-refractivity contribution in [3.63, 3.8) is 0 Å². The van der Waals surface area contributed by atoms with Crippen LogP contribution in [0.2, 0.25) is 0 Å². The molecule has 0 saturated carbocycles. The summed E-state index contributed by atoms with van der Waals surface area (Å²) in [5.74, 6) is 0.126. The molecule has 0 aromatic rings. The summed E-state index contributed by atoms with van der Waals surface area (Å²) in [4.78, 5) is 16.3. The zero-order valence-corrected chi connectivity index (χ0v) is 11.0. The maximum atomic E-state index is 11.5. The molecule has 94 valence electrons. The Kier molecular flexibility index (Phi) is 5.22. The maximum Gasteiger partial charge on any atom is 0.233 e. The molecule has 1 N–H and O–H groups in total. The molecule has 1 rings (SSSR count). The number of likely N-dealkylation sites (N-methyl/N-ethyl adjacent to an activating group) is 2. The molecule has 0 aliphatic carbocycles. The van der Waals surface area contributed by atoms with Crippen molar-refractivity contribution in [2.75, 3.05) is 33.7 Å². The third kappa shape index (κ3) is 3.19. The molecule has 16 heavy (non-hydrogen) atoms. The third-order valence-electron chi connectivity index (χ3n) is 3.53. The Balaban J connectivity index is 2.69. The molecule has 4 heteroatoms. The number of hydrogen-bond donors (Lipinski definition) is 1. The molecule has 2 unspecified atom stereocenters. The van der Waals surface area contributed by atoms with Crippen LogP contribution in [0.25, 0.3) is 0 Å². The van der Waals surface area contributed by atoms with Gasteiger partial charge in [-0.3, -0.25) is 9.69 Å². The molecule has 0 aromatic heterocycles. The third-order valence-corrected chi connectivity index (χ3v) is 3.53. The van der Waals surface area contributed by atoms with Gasteiger partial charge in [-0.15, -0.1) is 0 Å². The first-order valence-corrected chi connectivity index (χ1v) is 6.27. The quantitative estimate of drug-likeness (QED) is 0.761. The Labute approximate surface area is 99.0 Å². The van der Waals surface area contributed by atoms with Crippen molar-refractivity contribution >= 4 is 5.91 Å². The first kappa shape index (κ1) is 13.5. The van der Waals surface area contributed by atoms with Crippen molar-refractivity contribution < 1.29 is 4.79 Å². The highest BCUT2D eigenvalue weighted by Crippen LogP contribution is 2.18. The fourth-order valence-corrected chi connectivity index (χ4v) is 2.53. The van der Waals surface area contributed by atoms with E-state index in [2.05, 4.69) is 36.0 Å². The minimum atomic E-state index is 0.126. The van der Waals surface area contributed by atoms with E-state index in [1.165, 1.54) is 0 Å². The van der Waals surface area contributed by atoms with Crippen molar-refractivity contribution in [2.45, 2.75) is 38.8 Å². The lowest BCUT2D eigenvalue weighted by molar-refractivity contribution is -0.124. The summed E-state index contributed by atoms with van der Waals surface area (Å²) >= 11 is 0. The van der Waals surface area contributed by atoms with E-state index in [1.54, 1.807) is 7.05 Å². The summed E-state index contributed by atoms with van der Waals surface area (Å²) < 4.78 is 0. The Bertz CT molecular complexity index is 218. The van der Waals surface area contributed by atoms with Crippen LogP contribution < -0.4 is 5.32 Å². The Morgan fingerprint density at radius 2 is 1.75 bits per heavy atom. The number of nitrogens with zero attached hydrogens (tertiary/aromatic N) is 2. The Hall–Kier alpha value is -0.610. The predicted octanol–water partition coefficient (Wildman–Crippen LogP) is 0.537. The molecular weight excluding hydrogens is 202 g/mol. The highest BCUT2D eigenvalue weighted by atomic mass is 16.1. The zero-order valence-electron chi connectivity index (χ0n) is 11.0. The molecule has 1 aliphatic heterocycles. The van der Waals surface area contributed by atoms with Gasteiger partial charge in [-0.05, 0) is 19.9 Å². The Morgan fingerprint density at radius 1 is 1.25 bits per heavy atom. The summed E-state index contributed by atoms with van der Waals surface area (Å²) in [7, 11) is 3.88. The molecule has 1 fully saturated rings. The van der Waals surface area contributed by atoms with Gasteiger partial charge in [-0.25, -0.2) is 0 Å². The van der Waals surface area contributed by atoms with Crippen LogP contribution in [-0.4, -0.2) is 61.5 Å². The number of piperazine rings is 1. The Morgan fingerprint density at radius 3 is 2.12 bits per heavy atom. The molecule has 1 heterocycles. The van der Waals surface area contributed by atoms with Crippen LogP contribution in [0, 0.1) is 0 Å². The summed E-state index contributed by atoms with van der Waals surface area (Å²) in [6.45, 7) is 7.09. The van der Waals surface area contributed by atoms with Gasteiger partial charge in [-0.1, -0.05) is 13.8 Å². The molecular formula is C12H25N3O. The van der Waals surface area contributed by atoms with E-state index >= 15 is 0 Å². The number of nitrogens with one attached hydrogen (secondary N) is 1. The normalized spacial score (nSPS) is 28.0. The first-order valence-electron chi connectivity index (χ1n) is 6.27. The van der Waals surface area contributed by atoms with Crippen molar-refractivity contribution in [1.82, 2.24) is 15.1 Å². The zero-order chi connectivity index (χ0) is 12.1. The van der Waals surface area contributed by atoms with Crippen molar-refractivity contribution in [2.24, 2.45) is 0 Å². The van der Waals surface area contributed by atoms with Crippen LogP contribution in [0.5, 0.6) is 0 Å². The lowest BCUT2D eigenvalue weighted by atomic mass is 10.0. The van der Waals surface area contributed by atoms with Gasteiger partial charge in [0.05, 0.1) is 6.54 Å². The molecule has 1 aliphatic rings. The van der Waals surface area contributed by atoms with E-state index in [-0.39, 0.29) is 5.91 Å². The van der Waals surface area contributed by atoms with Gasteiger partial charge in [0, 0.05) is 32.2 Å². The SMILES string of the molecule is CCC1CN(C)CC(CC)N1CC(=O)NC. The van der Waals surface area contributed by atoms with Gasteiger partial charge in [-0.2, -0.15) is 0 Å². The van der Waals surface area contributed by atoms with Gasteiger partial charge < -0.3 is 10.2 Å². The molecule has 4 nitrogen and oxygen atoms in total. The second kappa shape index (κ2) is 6.21. The van der Waals surface area contributed by atoms with Crippen molar-refractivity contribution in [3.05, 3.63) is 0 Å². The minimum Gasteiger partial charge on any atom is -0.358 e. The highest BCUT2D eigenvalue weighted by molar-refractivity contribution is 5.77. The van der Waals surface area contributed by atoms with Crippen LogP contribution in [0.15, 0.2) is 0 Å². The van der Waals surface area contributed by atoms with Crippen molar-refractivity contribution in [3.8, 4) is 0 Å². The van der Waals surface area contributed by atoms with Crippen LogP contribution in [0.1, 0.15) is 26.7 Å². The van der Waals surface area contributed by atoms with Gasteiger partial charge in [0.2, 0.25) is 5.91 Å². The fraction of sp³-hybridized carbons (Fsp3) is 0.917. The monoisotopic (exact) mass is 227 g/mol. The number of rotatable bonds is 4. The average molecular weight is 227 g/mol. The molecule has 1 saturated heterocycles. The van der Waals surface area contributed by atoms with Crippen LogP contribution in [0.3, 0.4) is 0 Å². The second-order valence-electron chi connectivity index (χ2n) is 4.69. The fourth-order valence-electron chi connectivity index (χ4n) is 2.53. The predicted molar refractivity (Wildman–Crippen MR) is 66.4 cm³/mol. The number of carbonyl (C=O) groups excluding carboxylic acids is 1.